The monoisotopic (exact) mass is 460 g/mol. The number of amides is 2. The standard InChI is InChI=1S/C24H32N4O3.ClH/c1-19(29)28-12-6-11-26(17-20-7-5-9-22(15-20)31-2)13-14-27(24(30)16-25)18-21-8-3-4-10-23(21)28;/h3-5,7-10,15H,6,11-14,16-18,25H2,1-2H3;1H. The van der Waals surface area contributed by atoms with Crippen LogP contribution < -0.4 is 15.4 Å². The Morgan fingerprint density at radius 2 is 1.81 bits per heavy atom. The summed E-state index contributed by atoms with van der Waals surface area (Å²) in [6.07, 6.45) is 0.836. The molecule has 2 aromatic rings. The second-order valence-electron chi connectivity index (χ2n) is 7.80. The molecule has 2 N–H and O–H groups in total. The van der Waals surface area contributed by atoms with Crippen molar-refractivity contribution in [3.05, 3.63) is 59.7 Å². The molecule has 8 heteroatoms. The van der Waals surface area contributed by atoms with Gasteiger partial charge in [0.1, 0.15) is 5.75 Å². The molecular formula is C24H33ClN4O3. The molecule has 3 rings (SSSR count). The van der Waals surface area contributed by atoms with Crippen LogP contribution in [0.25, 0.3) is 0 Å². The first-order chi connectivity index (χ1) is 15.0. The number of para-hydroxylation sites is 1. The predicted octanol–water partition coefficient (Wildman–Crippen LogP) is 2.66. The number of rotatable bonds is 4. The fourth-order valence-corrected chi connectivity index (χ4v) is 4.00. The Morgan fingerprint density at radius 3 is 2.53 bits per heavy atom. The highest BCUT2D eigenvalue weighted by Crippen LogP contribution is 2.24. The van der Waals surface area contributed by atoms with Gasteiger partial charge in [-0.05, 0) is 35.7 Å². The van der Waals surface area contributed by atoms with E-state index in [2.05, 4.69) is 11.0 Å². The number of hydrogen-bond acceptors (Lipinski definition) is 5. The average molecular weight is 461 g/mol. The van der Waals surface area contributed by atoms with Crippen molar-refractivity contribution in [2.24, 2.45) is 5.73 Å². The van der Waals surface area contributed by atoms with Crippen LogP contribution in [0.1, 0.15) is 24.5 Å². The van der Waals surface area contributed by atoms with Gasteiger partial charge in [0.05, 0.1) is 13.7 Å². The first-order valence-corrected chi connectivity index (χ1v) is 10.7. The Balaban J connectivity index is 0.00000363. The third-order valence-corrected chi connectivity index (χ3v) is 5.63. The summed E-state index contributed by atoms with van der Waals surface area (Å²) in [4.78, 5) is 30.9. The van der Waals surface area contributed by atoms with E-state index in [9.17, 15) is 9.59 Å². The van der Waals surface area contributed by atoms with Crippen LogP contribution in [-0.2, 0) is 22.7 Å². The lowest BCUT2D eigenvalue weighted by Crippen LogP contribution is -2.41. The summed E-state index contributed by atoms with van der Waals surface area (Å²) in [6, 6.07) is 15.8. The topological polar surface area (TPSA) is 79.1 Å². The first-order valence-electron chi connectivity index (χ1n) is 10.7. The van der Waals surface area contributed by atoms with E-state index in [1.54, 1.807) is 18.9 Å². The molecule has 0 unspecified atom stereocenters. The number of carbonyl (C=O) groups excluding carboxylic acids is 2. The van der Waals surface area contributed by atoms with E-state index < -0.39 is 0 Å². The summed E-state index contributed by atoms with van der Waals surface area (Å²) in [6.45, 7) is 5.48. The Labute approximate surface area is 196 Å². The molecule has 0 aliphatic carbocycles. The molecule has 32 heavy (non-hydrogen) atoms. The quantitative estimate of drug-likeness (QED) is 0.758. The number of methoxy groups -OCH3 is 1. The van der Waals surface area contributed by atoms with E-state index >= 15 is 0 Å². The molecule has 0 saturated heterocycles. The van der Waals surface area contributed by atoms with Crippen molar-refractivity contribution >= 4 is 29.9 Å². The number of anilines is 1. The average Bonchev–Trinajstić information content (AvgIpc) is 2.81. The molecule has 174 valence electrons. The molecule has 0 aromatic heterocycles. The van der Waals surface area contributed by atoms with Crippen LogP contribution in [0, 0.1) is 0 Å². The number of fused-ring (bicyclic) bond motifs is 1. The van der Waals surface area contributed by atoms with Gasteiger partial charge in [-0.15, -0.1) is 12.4 Å². The van der Waals surface area contributed by atoms with Gasteiger partial charge in [0.25, 0.3) is 0 Å². The third-order valence-electron chi connectivity index (χ3n) is 5.63. The highest BCUT2D eigenvalue weighted by Gasteiger charge is 2.21. The maximum atomic E-state index is 12.6. The first kappa shape index (κ1) is 25.6. The number of halogens is 1. The number of nitrogens with two attached hydrogens (primary N) is 1. The van der Waals surface area contributed by atoms with E-state index in [1.807, 2.05) is 47.4 Å². The van der Waals surface area contributed by atoms with E-state index in [4.69, 9.17) is 10.5 Å². The molecule has 0 spiro atoms. The number of benzene rings is 2. The highest BCUT2D eigenvalue weighted by molar-refractivity contribution is 5.92. The Bertz CT molecular complexity index is 908. The molecule has 2 amide bonds. The lowest BCUT2D eigenvalue weighted by Gasteiger charge is -2.28. The molecule has 0 fully saturated rings. The molecule has 7 nitrogen and oxygen atoms in total. The fraction of sp³-hybridized carbons (Fsp3) is 0.417. The van der Waals surface area contributed by atoms with Crippen molar-refractivity contribution in [1.82, 2.24) is 9.80 Å². The van der Waals surface area contributed by atoms with E-state index in [1.165, 1.54) is 0 Å². The van der Waals surface area contributed by atoms with Gasteiger partial charge in [-0.25, -0.2) is 0 Å². The minimum absolute atomic E-state index is 0. The normalized spacial score (nSPS) is 15.2. The van der Waals surface area contributed by atoms with Crippen molar-refractivity contribution in [2.45, 2.75) is 26.4 Å². The van der Waals surface area contributed by atoms with Gasteiger partial charge in [-0.1, -0.05) is 30.3 Å². The summed E-state index contributed by atoms with van der Waals surface area (Å²) in [7, 11) is 1.66. The maximum Gasteiger partial charge on any atom is 0.236 e. The van der Waals surface area contributed by atoms with Crippen molar-refractivity contribution in [1.29, 1.82) is 0 Å². The largest absolute Gasteiger partial charge is 0.497 e. The number of ether oxygens (including phenoxy) is 1. The van der Waals surface area contributed by atoms with Gasteiger partial charge in [0.15, 0.2) is 0 Å². The van der Waals surface area contributed by atoms with Crippen molar-refractivity contribution in [3.63, 3.8) is 0 Å². The molecule has 1 aliphatic rings. The predicted molar refractivity (Wildman–Crippen MR) is 129 cm³/mol. The highest BCUT2D eigenvalue weighted by atomic mass is 35.5. The summed E-state index contributed by atoms with van der Waals surface area (Å²) in [5.74, 6) is 0.737. The van der Waals surface area contributed by atoms with E-state index in [-0.39, 0.29) is 30.8 Å². The van der Waals surface area contributed by atoms with Crippen molar-refractivity contribution in [3.8, 4) is 5.75 Å². The molecule has 1 heterocycles. The summed E-state index contributed by atoms with van der Waals surface area (Å²) in [5.41, 5.74) is 8.67. The Kier molecular flexibility index (Phi) is 9.97. The molecule has 1 aliphatic heterocycles. The molecule has 2 aromatic carbocycles. The minimum atomic E-state index is -0.0928. The van der Waals surface area contributed by atoms with Gasteiger partial charge < -0.3 is 20.3 Å². The molecular weight excluding hydrogens is 428 g/mol. The fourth-order valence-electron chi connectivity index (χ4n) is 4.00. The number of hydrogen-bond donors (Lipinski definition) is 1. The zero-order valence-electron chi connectivity index (χ0n) is 18.8. The smallest absolute Gasteiger partial charge is 0.236 e. The molecule has 0 atom stereocenters. The second kappa shape index (κ2) is 12.4. The van der Waals surface area contributed by atoms with Crippen LogP contribution in [0.2, 0.25) is 0 Å². The van der Waals surface area contributed by atoms with E-state index in [0.29, 0.717) is 19.6 Å². The van der Waals surface area contributed by atoms with E-state index in [0.717, 1.165) is 48.6 Å². The van der Waals surface area contributed by atoms with Crippen molar-refractivity contribution in [2.75, 3.05) is 44.7 Å². The molecule has 0 bridgehead atoms. The van der Waals surface area contributed by atoms with Crippen LogP contribution in [0.3, 0.4) is 0 Å². The minimum Gasteiger partial charge on any atom is -0.497 e. The molecule has 0 saturated carbocycles. The SMILES string of the molecule is COc1cccc(CN2CCCN(C(C)=O)c3ccccc3CN(C(=O)CN)CC2)c1.Cl. The molecule has 0 radical (unpaired) electrons. The van der Waals surface area contributed by atoms with Crippen LogP contribution in [0.5, 0.6) is 5.75 Å². The van der Waals surface area contributed by atoms with Crippen LogP contribution in [-0.4, -0.2) is 61.4 Å². The Morgan fingerprint density at radius 1 is 1.03 bits per heavy atom. The maximum absolute atomic E-state index is 12.6. The van der Waals surface area contributed by atoms with Gasteiger partial charge in [0.2, 0.25) is 11.8 Å². The zero-order valence-corrected chi connectivity index (χ0v) is 19.6. The lowest BCUT2D eigenvalue weighted by molar-refractivity contribution is -0.130. The van der Waals surface area contributed by atoms with Gasteiger partial charge in [-0.3, -0.25) is 14.5 Å². The van der Waals surface area contributed by atoms with Crippen LogP contribution in [0.4, 0.5) is 5.69 Å². The van der Waals surface area contributed by atoms with Crippen molar-refractivity contribution < 1.29 is 14.3 Å². The van der Waals surface area contributed by atoms with Gasteiger partial charge in [-0.2, -0.15) is 0 Å². The third kappa shape index (κ3) is 6.69. The number of carbonyl (C=O) groups is 2. The van der Waals surface area contributed by atoms with Gasteiger partial charge in [0, 0.05) is 51.9 Å². The second-order valence-corrected chi connectivity index (χ2v) is 7.80. The van der Waals surface area contributed by atoms with Gasteiger partial charge >= 0.3 is 0 Å². The lowest BCUT2D eigenvalue weighted by atomic mass is 10.1. The number of nitrogens with zero attached hydrogens (tertiary/aromatic N) is 3. The zero-order chi connectivity index (χ0) is 22.2. The van der Waals surface area contributed by atoms with Crippen LogP contribution in [0.15, 0.2) is 48.5 Å². The Hall–Kier alpha value is -2.61. The van der Waals surface area contributed by atoms with Crippen LogP contribution >= 0.6 is 12.4 Å². The summed E-state index contributed by atoms with van der Waals surface area (Å²) in [5, 5.41) is 0. The summed E-state index contributed by atoms with van der Waals surface area (Å²) < 4.78 is 5.35. The summed E-state index contributed by atoms with van der Waals surface area (Å²) >= 11 is 0.